The maximum atomic E-state index is 5.81. The number of nitrogens with two attached hydrogens (primary N) is 1. The molecule has 0 radical (unpaired) electrons. The van der Waals surface area contributed by atoms with Crippen molar-refractivity contribution < 1.29 is 4.74 Å². The molecule has 1 aromatic heterocycles. The molecule has 1 heterocycles. The minimum atomic E-state index is 0.658. The van der Waals surface area contributed by atoms with Crippen LogP contribution in [0.3, 0.4) is 0 Å². The molecule has 3 nitrogen and oxygen atoms in total. The van der Waals surface area contributed by atoms with Crippen LogP contribution in [0.25, 0.3) is 0 Å². The SMILES string of the molecule is NCC1CCCCC1COCc1cccnc1. The lowest BCUT2D eigenvalue weighted by Gasteiger charge is -2.30. The molecule has 0 amide bonds. The predicted octanol–water partition coefficient (Wildman–Crippen LogP) is 2.36. The second kappa shape index (κ2) is 6.72. The van der Waals surface area contributed by atoms with Gasteiger partial charge in [-0.05, 0) is 42.9 Å². The fraction of sp³-hybridized carbons (Fsp3) is 0.643. The molecule has 0 saturated heterocycles. The predicted molar refractivity (Wildman–Crippen MR) is 68.4 cm³/mol. The Morgan fingerprint density at radius 3 is 2.82 bits per heavy atom. The zero-order valence-electron chi connectivity index (χ0n) is 10.3. The second-order valence-corrected chi connectivity index (χ2v) is 4.92. The molecule has 2 N–H and O–H groups in total. The fourth-order valence-corrected chi connectivity index (χ4v) is 2.63. The van der Waals surface area contributed by atoms with Gasteiger partial charge in [-0.2, -0.15) is 0 Å². The molecule has 3 heteroatoms. The first-order valence-electron chi connectivity index (χ1n) is 6.57. The van der Waals surface area contributed by atoms with E-state index in [1.165, 1.54) is 25.7 Å². The van der Waals surface area contributed by atoms with E-state index in [9.17, 15) is 0 Å². The van der Waals surface area contributed by atoms with Crippen molar-refractivity contribution in [2.24, 2.45) is 17.6 Å². The van der Waals surface area contributed by atoms with E-state index in [0.717, 1.165) is 18.7 Å². The number of hydrogen-bond acceptors (Lipinski definition) is 3. The molecule has 0 aromatic carbocycles. The van der Waals surface area contributed by atoms with Gasteiger partial charge in [-0.1, -0.05) is 18.9 Å². The molecule has 0 aliphatic heterocycles. The van der Waals surface area contributed by atoms with Crippen LogP contribution in [-0.2, 0) is 11.3 Å². The molecule has 0 spiro atoms. The molecular formula is C14H22N2O. The molecule has 2 atom stereocenters. The van der Waals surface area contributed by atoms with Crippen LogP contribution in [0.5, 0.6) is 0 Å². The molecule has 1 fully saturated rings. The number of pyridine rings is 1. The largest absolute Gasteiger partial charge is 0.376 e. The van der Waals surface area contributed by atoms with E-state index in [2.05, 4.69) is 4.98 Å². The van der Waals surface area contributed by atoms with Crippen molar-refractivity contribution in [2.75, 3.05) is 13.2 Å². The lowest BCUT2D eigenvalue weighted by molar-refractivity contribution is 0.0511. The summed E-state index contributed by atoms with van der Waals surface area (Å²) in [4.78, 5) is 4.08. The Bertz CT molecular complexity index is 315. The van der Waals surface area contributed by atoms with Crippen LogP contribution < -0.4 is 5.73 Å². The standard InChI is InChI=1S/C14H22N2O/c15-8-13-5-1-2-6-14(13)11-17-10-12-4-3-7-16-9-12/h3-4,7,9,13-14H,1-2,5-6,8,10-11,15H2. The zero-order chi connectivity index (χ0) is 11.9. The molecule has 94 valence electrons. The highest BCUT2D eigenvalue weighted by atomic mass is 16.5. The van der Waals surface area contributed by atoms with Crippen molar-refractivity contribution in [2.45, 2.75) is 32.3 Å². The highest BCUT2D eigenvalue weighted by molar-refractivity contribution is 5.06. The van der Waals surface area contributed by atoms with Crippen LogP contribution in [0, 0.1) is 11.8 Å². The van der Waals surface area contributed by atoms with Crippen LogP contribution in [0.4, 0.5) is 0 Å². The lowest BCUT2D eigenvalue weighted by atomic mass is 9.80. The summed E-state index contributed by atoms with van der Waals surface area (Å²) >= 11 is 0. The monoisotopic (exact) mass is 234 g/mol. The van der Waals surface area contributed by atoms with Crippen molar-refractivity contribution in [3.05, 3.63) is 30.1 Å². The highest BCUT2D eigenvalue weighted by Crippen LogP contribution is 2.29. The summed E-state index contributed by atoms with van der Waals surface area (Å²) in [5.74, 6) is 1.32. The van der Waals surface area contributed by atoms with Crippen LogP contribution in [0.2, 0.25) is 0 Å². The van der Waals surface area contributed by atoms with E-state index in [0.29, 0.717) is 18.4 Å². The molecule has 1 saturated carbocycles. The quantitative estimate of drug-likeness (QED) is 0.850. The van der Waals surface area contributed by atoms with Gasteiger partial charge < -0.3 is 10.5 Å². The molecule has 1 aliphatic carbocycles. The lowest BCUT2D eigenvalue weighted by Crippen LogP contribution is -2.29. The van der Waals surface area contributed by atoms with Gasteiger partial charge in [0.2, 0.25) is 0 Å². The van der Waals surface area contributed by atoms with Gasteiger partial charge in [-0.25, -0.2) is 0 Å². The van der Waals surface area contributed by atoms with Gasteiger partial charge >= 0.3 is 0 Å². The third-order valence-corrected chi connectivity index (χ3v) is 3.69. The fourth-order valence-electron chi connectivity index (χ4n) is 2.63. The Morgan fingerprint density at radius 1 is 1.29 bits per heavy atom. The Hall–Kier alpha value is -0.930. The van der Waals surface area contributed by atoms with Gasteiger partial charge in [-0.15, -0.1) is 0 Å². The Labute approximate surface area is 103 Å². The van der Waals surface area contributed by atoms with E-state index in [1.807, 2.05) is 18.3 Å². The molecule has 2 unspecified atom stereocenters. The van der Waals surface area contributed by atoms with Crippen LogP contribution in [0.15, 0.2) is 24.5 Å². The molecule has 2 rings (SSSR count). The average Bonchev–Trinajstić information content (AvgIpc) is 2.40. The number of aromatic nitrogens is 1. The molecule has 0 bridgehead atoms. The van der Waals surface area contributed by atoms with E-state index >= 15 is 0 Å². The van der Waals surface area contributed by atoms with Gasteiger partial charge in [0.05, 0.1) is 13.2 Å². The normalized spacial score (nSPS) is 24.8. The summed E-state index contributed by atoms with van der Waals surface area (Å²) in [5, 5.41) is 0. The first-order valence-corrected chi connectivity index (χ1v) is 6.57. The number of ether oxygens (including phenoxy) is 1. The van der Waals surface area contributed by atoms with E-state index in [-0.39, 0.29) is 0 Å². The smallest absolute Gasteiger partial charge is 0.0731 e. The first-order chi connectivity index (χ1) is 8.40. The van der Waals surface area contributed by atoms with Crippen molar-refractivity contribution in [3.8, 4) is 0 Å². The molecule has 17 heavy (non-hydrogen) atoms. The van der Waals surface area contributed by atoms with Crippen molar-refractivity contribution in [1.82, 2.24) is 4.98 Å². The summed E-state index contributed by atoms with van der Waals surface area (Å²) < 4.78 is 5.80. The Morgan fingerprint density at radius 2 is 2.12 bits per heavy atom. The second-order valence-electron chi connectivity index (χ2n) is 4.92. The minimum Gasteiger partial charge on any atom is -0.376 e. The van der Waals surface area contributed by atoms with Crippen molar-refractivity contribution >= 4 is 0 Å². The average molecular weight is 234 g/mol. The van der Waals surface area contributed by atoms with Crippen molar-refractivity contribution in [3.63, 3.8) is 0 Å². The van der Waals surface area contributed by atoms with Gasteiger partial charge in [0.25, 0.3) is 0 Å². The summed E-state index contributed by atoms with van der Waals surface area (Å²) in [5.41, 5.74) is 6.96. The first kappa shape index (κ1) is 12.5. The summed E-state index contributed by atoms with van der Waals surface area (Å²) in [6.07, 6.45) is 8.86. The van der Waals surface area contributed by atoms with Gasteiger partial charge in [-0.3, -0.25) is 4.98 Å². The highest BCUT2D eigenvalue weighted by Gasteiger charge is 2.23. The summed E-state index contributed by atoms with van der Waals surface area (Å²) in [6, 6.07) is 4.00. The number of nitrogens with zero attached hydrogens (tertiary/aromatic N) is 1. The number of hydrogen-bond donors (Lipinski definition) is 1. The summed E-state index contributed by atoms with van der Waals surface area (Å²) in [7, 11) is 0. The van der Waals surface area contributed by atoms with Crippen molar-refractivity contribution in [1.29, 1.82) is 0 Å². The molecule has 1 aliphatic rings. The Kier molecular flexibility index (Phi) is 4.95. The maximum absolute atomic E-state index is 5.81. The maximum Gasteiger partial charge on any atom is 0.0731 e. The third-order valence-electron chi connectivity index (χ3n) is 3.69. The van der Waals surface area contributed by atoms with E-state index in [1.54, 1.807) is 6.20 Å². The van der Waals surface area contributed by atoms with Crippen LogP contribution in [-0.4, -0.2) is 18.1 Å². The summed E-state index contributed by atoms with van der Waals surface area (Å²) in [6.45, 7) is 2.32. The van der Waals surface area contributed by atoms with Crippen LogP contribution in [0.1, 0.15) is 31.2 Å². The van der Waals surface area contributed by atoms with Gasteiger partial charge in [0, 0.05) is 12.4 Å². The topological polar surface area (TPSA) is 48.1 Å². The molecular weight excluding hydrogens is 212 g/mol. The van der Waals surface area contributed by atoms with E-state index in [4.69, 9.17) is 10.5 Å². The molecule has 1 aromatic rings. The van der Waals surface area contributed by atoms with Gasteiger partial charge in [0.15, 0.2) is 0 Å². The number of rotatable bonds is 5. The van der Waals surface area contributed by atoms with Crippen LogP contribution >= 0.6 is 0 Å². The minimum absolute atomic E-state index is 0.658. The Balaban J connectivity index is 1.74. The third kappa shape index (κ3) is 3.79. The zero-order valence-corrected chi connectivity index (χ0v) is 10.3. The van der Waals surface area contributed by atoms with E-state index < -0.39 is 0 Å². The van der Waals surface area contributed by atoms with Gasteiger partial charge in [0.1, 0.15) is 0 Å².